The molecule has 0 radical (unpaired) electrons. The number of nitrogens with zero attached hydrogens (tertiary/aromatic N) is 5. The summed E-state index contributed by atoms with van der Waals surface area (Å²) in [5.41, 5.74) is 0.911. The fourth-order valence-corrected chi connectivity index (χ4v) is 4.55. The molecule has 4 heterocycles. The topological polar surface area (TPSA) is 82.1 Å². The zero-order valence-electron chi connectivity index (χ0n) is 15.8. The molecule has 12 heteroatoms. The Morgan fingerprint density at radius 3 is 2.60 bits per heavy atom. The summed E-state index contributed by atoms with van der Waals surface area (Å²) in [6, 6.07) is 4.44. The summed E-state index contributed by atoms with van der Waals surface area (Å²) >= 11 is 6.04. The lowest BCUT2D eigenvalue weighted by molar-refractivity contribution is -0.127. The zero-order chi connectivity index (χ0) is 21.8. The van der Waals surface area contributed by atoms with Crippen LogP contribution in [0.4, 0.5) is 13.2 Å². The van der Waals surface area contributed by atoms with Gasteiger partial charge in [0, 0.05) is 19.4 Å². The quantitative estimate of drug-likeness (QED) is 0.465. The number of fused-ring (bicyclic) bond motifs is 2. The van der Waals surface area contributed by atoms with Crippen molar-refractivity contribution >= 4 is 38.2 Å². The molecule has 0 amide bonds. The SMILES string of the molecule is CCS(=O)(=O)c1c(-c2nc3cc(CC(F)(F)F)cnc3n2C)nc2ccc(Cl)cn12. The molecular formula is C18H15ClF3N5O2S. The molecule has 0 bridgehead atoms. The summed E-state index contributed by atoms with van der Waals surface area (Å²) in [5.74, 6) is -0.00777. The number of halogens is 4. The summed E-state index contributed by atoms with van der Waals surface area (Å²) < 4.78 is 66.7. The van der Waals surface area contributed by atoms with Gasteiger partial charge in [0.05, 0.1) is 17.2 Å². The minimum absolute atomic E-state index is 0.0390. The van der Waals surface area contributed by atoms with Gasteiger partial charge in [0.2, 0.25) is 0 Å². The number of hydrogen-bond acceptors (Lipinski definition) is 5. The van der Waals surface area contributed by atoms with Crippen LogP contribution in [0.2, 0.25) is 5.02 Å². The van der Waals surface area contributed by atoms with Gasteiger partial charge in [-0.1, -0.05) is 18.5 Å². The molecule has 0 aliphatic heterocycles. The summed E-state index contributed by atoms with van der Waals surface area (Å²) in [5, 5.41) is 0.235. The minimum atomic E-state index is -4.38. The second-order valence-corrected chi connectivity index (χ2v) is 9.35. The van der Waals surface area contributed by atoms with Crippen molar-refractivity contribution in [2.24, 2.45) is 7.05 Å². The van der Waals surface area contributed by atoms with Gasteiger partial charge in [-0.3, -0.25) is 4.40 Å². The summed E-state index contributed by atoms with van der Waals surface area (Å²) in [6.45, 7) is 1.50. The molecule has 7 nitrogen and oxygen atoms in total. The molecule has 4 aromatic heterocycles. The second kappa shape index (κ2) is 6.95. The molecule has 158 valence electrons. The predicted octanol–water partition coefficient (Wildman–Crippen LogP) is 3.83. The normalized spacial score (nSPS) is 12.9. The smallest absolute Gasteiger partial charge is 0.310 e. The highest BCUT2D eigenvalue weighted by Crippen LogP contribution is 2.31. The lowest BCUT2D eigenvalue weighted by Gasteiger charge is -2.06. The summed E-state index contributed by atoms with van der Waals surface area (Å²) in [4.78, 5) is 12.9. The van der Waals surface area contributed by atoms with Gasteiger partial charge in [-0.2, -0.15) is 13.2 Å². The van der Waals surface area contributed by atoms with Crippen molar-refractivity contribution in [2.75, 3.05) is 5.75 Å². The van der Waals surface area contributed by atoms with E-state index in [2.05, 4.69) is 15.0 Å². The highest BCUT2D eigenvalue weighted by Gasteiger charge is 2.30. The Labute approximate surface area is 174 Å². The third-order valence-electron chi connectivity index (χ3n) is 4.60. The van der Waals surface area contributed by atoms with Crippen molar-refractivity contribution in [2.45, 2.75) is 24.5 Å². The maximum atomic E-state index is 12.8. The van der Waals surface area contributed by atoms with E-state index in [1.807, 2.05) is 0 Å². The third kappa shape index (κ3) is 3.52. The first kappa shape index (κ1) is 20.6. The van der Waals surface area contributed by atoms with Gasteiger partial charge in [0.25, 0.3) is 0 Å². The standard InChI is InChI=1S/C18H15ClF3N5O2S/c1-3-30(28,29)17-14(25-13-5-4-11(19)9-27(13)17)16-24-12-6-10(7-18(20,21)22)8-23-15(12)26(16)2/h4-6,8-9H,3,7H2,1-2H3. The first-order chi connectivity index (χ1) is 14.0. The zero-order valence-corrected chi connectivity index (χ0v) is 17.3. The molecule has 4 aromatic rings. The van der Waals surface area contributed by atoms with E-state index < -0.39 is 22.4 Å². The van der Waals surface area contributed by atoms with Crippen molar-refractivity contribution < 1.29 is 21.6 Å². The Morgan fingerprint density at radius 2 is 1.93 bits per heavy atom. The van der Waals surface area contributed by atoms with Gasteiger partial charge in [0.1, 0.15) is 16.9 Å². The maximum absolute atomic E-state index is 12.8. The summed E-state index contributed by atoms with van der Waals surface area (Å²) in [6.07, 6.45) is -2.94. The van der Waals surface area contributed by atoms with Crippen molar-refractivity contribution in [3.63, 3.8) is 0 Å². The largest absolute Gasteiger partial charge is 0.393 e. The molecule has 0 fully saturated rings. The van der Waals surface area contributed by atoms with Crippen LogP contribution in [0.1, 0.15) is 12.5 Å². The first-order valence-corrected chi connectivity index (χ1v) is 10.8. The molecule has 0 atom stereocenters. The van der Waals surface area contributed by atoms with E-state index in [4.69, 9.17) is 11.6 Å². The second-order valence-electron chi connectivity index (χ2n) is 6.72. The number of hydrogen-bond donors (Lipinski definition) is 0. The lowest BCUT2D eigenvalue weighted by Crippen LogP contribution is -2.11. The van der Waals surface area contributed by atoms with Crippen LogP contribution in [0, 0.1) is 0 Å². The fraction of sp³-hybridized carbons (Fsp3) is 0.278. The molecular weight excluding hydrogens is 443 g/mol. The van der Waals surface area contributed by atoms with Crippen molar-refractivity contribution in [1.82, 2.24) is 23.9 Å². The molecule has 4 rings (SSSR count). The van der Waals surface area contributed by atoms with Crippen LogP contribution in [0.25, 0.3) is 28.3 Å². The molecule has 0 aromatic carbocycles. The minimum Gasteiger partial charge on any atom is -0.310 e. The van der Waals surface area contributed by atoms with Gasteiger partial charge in [0.15, 0.2) is 26.3 Å². The number of imidazole rings is 2. The van der Waals surface area contributed by atoms with Gasteiger partial charge in [-0.05, 0) is 23.8 Å². The molecule has 30 heavy (non-hydrogen) atoms. The van der Waals surface area contributed by atoms with E-state index in [0.29, 0.717) is 16.3 Å². The molecule has 0 N–H and O–H groups in total. The number of aryl methyl sites for hydroxylation is 1. The third-order valence-corrected chi connectivity index (χ3v) is 6.56. The van der Waals surface area contributed by atoms with Crippen LogP contribution in [0.5, 0.6) is 0 Å². The van der Waals surface area contributed by atoms with Crippen LogP contribution in [-0.2, 0) is 23.3 Å². The first-order valence-electron chi connectivity index (χ1n) is 8.79. The molecule has 0 aliphatic carbocycles. The predicted molar refractivity (Wildman–Crippen MR) is 105 cm³/mol. The van der Waals surface area contributed by atoms with Gasteiger partial charge in [-0.15, -0.1) is 0 Å². The Morgan fingerprint density at radius 1 is 1.20 bits per heavy atom. The average Bonchev–Trinajstić information content (AvgIpc) is 3.18. The van der Waals surface area contributed by atoms with Gasteiger partial charge >= 0.3 is 6.18 Å². The van der Waals surface area contributed by atoms with E-state index in [1.165, 1.54) is 28.2 Å². The number of rotatable bonds is 4. The lowest BCUT2D eigenvalue weighted by atomic mass is 10.2. The highest BCUT2D eigenvalue weighted by atomic mass is 35.5. The van der Waals surface area contributed by atoms with Crippen molar-refractivity contribution in [3.05, 3.63) is 41.2 Å². The summed E-state index contributed by atoms with van der Waals surface area (Å²) in [7, 11) is -2.15. The van der Waals surface area contributed by atoms with Crippen LogP contribution < -0.4 is 0 Å². The Hall–Kier alpha value is -2.66. The van der Waals surface area contributed by atoms with E-state index in [-0.39, 0.29) is 33.4 Å². The van der Waals surface area contributed by atoms with E-state index in [0.717, 1.165) is 6.20 Å². The fourth-order valence-electron chi connectivity index (χ4n) is 3.23. The Kier molecular flexibility index (Phi) is 4.77. The highest BCUT2D eigenvalue weighted by molar-refractivity contribution is 7.91. The van der Waals surface area contributed by atoms with Crippen LogP contribution in [-0.4, -0.2) is 44.3 Å². The average molecular weight is 458 g/mol. The van der Waals surface area contributed by atoms with E-state index in [9.17, 15) is 21.6 Å². The molecule has 0 unspecified atom stereocenters. The van der Waals surface area contributed by atoms with Gasteiger partial charge < -0.3 is 4.57 Å². The number of aromatic nitrogens is 5. The molecule has 0 aliphatic rings. The van der Waals surface area contributed by atoms with Gasteiger partial charge in [-0.25, -0.2) is 23.4 Å². The monoisotopic (exact) mass is 457 g/mol. The Bertz CT molecular complexity index is 1390. The van der Waals surface area contributed by atoms with Crippen molar-refractivity contribution in [1.29, 1.82) is 0 Å². The maximum Gasteiger partial charge on any atom is 0.393 e. The molecule has 0 saturated heterocycles. The number of sulfone groups is 1. The van der Waals surface area contributed by atoms with Crippen LogP contribution >= 0.6 is 11.6 Å². The van der Waals surface area contributed by atoms with E-state index in [1.54, 1.807) is 19.2 Å². The Balaban J connectivity index is 1.98. The van der Waals surface area contributed by atoms with Crippen LogP contribution in [0.3, 0.4) is 0 Å². The van der Waals surface area contributed by atoms with Crippen molar-refractivity contribution in [3.8, 4) is 11.5 Å². The molecule has 0 spiro atoms. The van der Waals surface area contributed by atoms with Crippen LogP contribution in [0.15, 0.2) is 35.6 Å². The number of alkyl halides is 3. The number of pyridine rings is 2. The van der Waals surface area contributed by atoms with E-state index >= 15 is 0 Å². The molecule has 0 saturated carbocycles.